The van der Waals surface area contributed by atoms with E-state index in [9.17, 15) is 20.1 Å². The van der Waals surface area contributed by atoms with Gasteiger partial charge in [0.15, 0.2) is 11.7 Å². The van der Waals surface area contributed by atoms with Crippen molar-refractivity contribution in [2.24, 2.45) is 51.1 Å². The van der Waals surface area contributed by atoms with Crippen LogP contribution in [0.15, 0.2) is 34.3 Å². The van der Waals surface area contributed by atoms with Crippen molar-refractivity contribution in [2.45, 2.75) is 100 Å². The molecule has 268 valence electrons. The monoisotopic (exact) mass is 743 g/mol. The Balaban J connectivity index is 1.26. The van der Waals surface area contributed by atoms with E-state index in [4.69, 9.17) is 10.7 Å². The largest absolute Gasteiger partial charge is 0.396 e. The minimum atomic E-state index is -0.271. The van der Waals surface area contributed by atoms with Gasteiger partial charge in [0.25, 0.3) is 0 Å². The van der Waals surface area contributed by atoms with Gasteiger partial charge in [0.05, 0.1) is 12.1 Å². The first-order chi connectivity index (χ1) is 23.8. The Bertz CT molecular complexity index is 1520. The van der Waals surface area contributed by atoms with Crippen molar-refractivity contribution < 1.29 is 20.1 Å². The SMILES string of the molecule is CC12CCSSC3CCC4c5cc(ccc5CO)CSSCC(CC5=C6CC1CC(CO)C(CCCO)C62CC5=O)CC31NC(N)=NCC41. The number of hydrogen-bond acceptors (Lipinski definition) is 11. The fourth-order valence-corrected chi connectivity index (χ4v) is 18.1. The number of aliphatic hydroxyl groups excluding tert-OH is 3. The van der Waals surface area contributed by atoms with Gasteiger partial charge in [-0.2, -0.15) is 0 Å². The van der Waals surface area contributed by atoms with Crippen molar-refractivity contribution in [1.82, 2.24) is 5.32 Å². The Hall–Kier alpha value is -0.820. The lowest BCUT2D eigenvalue weighted by molar-refractivity contribution is -0.125. The van der Waals surface area contributed by atoms with Crippen LogP contribution in [0, 0.1) is 40.4 Å². The molecule has 10 atom stereocenters. The van der Waals surface area contributed by atoms with Crippen LogP contribution < -0.4 is 11.1 Å². The van der Waals surface area contributed by atoms with Crippen molar-refractivity contribution in [3.63, 3.8) is 0 Å². The third-order valence-electron chi connectivity index (χ3n) is 14.4. The highest BCUT2D eigenvalue weighted by Gasteiger charge is 2.70. The van der Waals surface area contributed by atoms with Crippen LogP contribution in [0.5, 0.6) is 0 Å². The number of nitrogens with zero attached hydrogens (tertiary/aromatic N) is 1. The van der Waals surface area contributed by atoms with Gasteiger partial charge in [-0.3, -0.25) is 9.79 Å². The number of aliphatic imine (C=N–C) groups is 1. The number of allylic oxidation sites excluding steroid dienone is 2. The standard InChI is InChI=1S/C38H53N3O4S4/c1-36-8-10-46-49-34-7-6-27-28-11-22(4-5-24(28)18-43)20-47-48-21-23(15-38(34)32(27)17-40-35(39)41-38)12-29-31-14-26(36)13-25(19-44)30(3-2-9-42)37(31,36)16-33(29)45/h4-5,11,23,25-27,30,32,34,42-44H,2-3,6-10,12-21H2,1H3,(H3,39,40,41). The summed E-state index contributed by atoms with van der Waals surface area (Å²) in [4.78, 5) is 19.4. The zero-order valence-electron chi connectivity index (χ0n) is 28.7. The van der Waals surface area contributed by atoms with Crippen LogP contribution in [-0.4, -0.2) is 69.1 Å². The van der Waals surface area contributed by atoms with E-state index in [2.05, 4.69) is 41.2 Å². The molecule has 8 rings (SSSR count). The smallest absolute Gasteiger partial charge is 0.189 e. The van der Waals surface area contributed by atoms with E-state index >= 15 is 0 Å². The summed E-state index contributed by atoms with van der Waals surface area (Å²) in [6.07, 6.45) is 9.14. The van der Waals surface area contributed by atoms with Crippen LogP contribution in [0.2, 0.25) is 0 Å². The molecule has 3 heterocycles. The summed E-state index contributed by atoms with van der Waals surface area (Å²) in [5, 5.41) is 35.4. The maximum absolute atomic E-state index is 14.6. The molecule has 3 fully saturated rings. The summed E-state index contributed by atoms with van der Waals surface area (Å²) in [7, 11) is 7.95. The summed E-state index contributed by atoms with van der Waals surface area (Å²) >= 11 is 0. The van der Waals surface area contributed by atoms with Gasteiger partial charge < -0.3 is 26.4 Å². The highest BCUT2D eigenvalue weighted by molar-refractivity contribution is 8.77. The second-order valence-electron chi connectivity index (χ2n) is 16.3. The molecule has 7 aliphatic rings. The number of nitrogens with two attached hydrogens (primary N) is 1. The third kappa shape index (κ3) is 5.60. The lowest BCUT2D eigenvalue weighted by Crippen LogP contribution is -2.68. The average molecular weight is 744 g/mol. The molecule has 0 radical (unpaired) electrons. The molecule has 11 heteroatoms. The third-order valence-corrected chi connectivity index (χ3v) is 19.9. The number of aliphatic hydroxyl groups is 3. The van der Waals surface area contributed by atoms with E-state index in [1.165, 1.54) is 16.7 Å². The molecular formula is C38H53N3O4S4. The average Bonchev–Trinajstić information content (AvgIpc) is 3.42. The van der Waals surface area contributed by atoms with Crippen molar-refractivity contribution in [2.75, 3.05) is 31.3 Å². The number of fused-ring (bicyclic) bond motifs is 4. The molecule has 2 spiro atoms. The molecule has 0 amide bonds. The predicted octanol–water partition coefficient (Wildman–Crippen LogP) is 6.46. The molecule has 1 aromatic carbocycles. The molecule has 49 heavy (non-hydrogen) atoms. The topological polar surface area (TPSA) is 128 Å². The summed E-state index contributed by atoms with van der Waals surface area (Å²) in [6.45, 7) is 3.55. The molecule has 3 aliphatic heterocycles. The Morgan fingerprint density at radius 2 is 2.00 bits per heavy atom. The molecule has 3 saturated carbocycles. The van der Waals surface area contributed by atoms with Gasteiger partial charge in [0, 0.05) is 60.0 Å². The van der Waals surface area contributed by atoms with Gasteiger partial charge in [-0.25, -0.2) is 0 Å². The molecule has 0 saturated heterocycles. The first-order valence-electron chi connectivity index (χ1n) is 18.6. The highest BCUT2D eigenvalue weighted by atomic mass is 33.1. The molecule has 1 aromatic rings. The number of hydrogen-bond donors (Lipinski definition) is 5. The van der Waals surface area contributed by atoms with Gasteiger partial charge in [0.1, 0.15) is 0 Å². The quantitative estimate of drug-likeness (QED) is 0.215. The fourth-order valence-electron chi connectivity index (χ4n) is 12.3. The van der Waals surface area contributed by atoms with Crippen molar-refractivity contribution in [1.29, 1.82) is 0 Å². The Kier molecular flexibility index (Phi) is 9.97. The first-order valence-corrected chi connectivity index (χ1v) is 23.5. The van der Waals surface area contributed by atoms with Gasteiger partial charge in [0.2, 0.25) is 0 Å². The number of ketones is 1. The van der Waals surface area contributed by atoms with Crippen LogP contribution in [0.4, 0.5) is 0 Å². The second-order valence-corrected chi connectivity index (χ2v) is 21.5. The lowest BCUT2D eigenvalue weighted by Gasteiger charge is -2.57. The van der Waals surface area contributed by atoms with Gasteiger partial charge in [-0.15, -0.1) is 0 Å². The van der Waals surface area contributed by atoms with Crippen molar-refractivity contribution in [3.8, 4) is 0 Å². The van der Waals surface area contributed by atoms with Crippen LogP contribution in [-0.2, 0) is 17.2 Å². The Morgan fingerprint density at radius 1 is 1.12 bits per heavy atom. The van der Waals surface area contributed by atoms with E-state index < -0.39 is 0 Å². The maximum Gasteiger partial charge on any atom is 0.189 e. The normalized spacial score (nSPS) is 41.8. The highest BCUT2D eigenvalue weighted by Crippen LogP contribution is 2.75. The lowest BCUT2D eigenvalue weighted by atomic mass is 9.47. The summed E-state index contributed by atoms with van der Waals surface area (Å²) < 4.78 is 0. The van der Waals surface area contributed by atoms with Crippen molar-refractivity contribution >= 4 is 54.9 Å². The van der Waals surface area contributed by atoms with E-state index in [1.54, 1.807) is 0 Å². The molecule has 10 bridgehead atoms. The Labute approximate surface area is 307 Å². The summed E-state index contributed by atoms with van der Waals surface area (Å²) in [5.41, 5.74) is 12.3. The summed E-state index contributed by atoms with van der Waals surface area (Å²) in [6, 6.07) is 6.70. The number of Topliss-reactive ketones (excluding diaryl/α,β-unsaturated/α-hetero) is 1. The van der Waals surface area contributed by atoms with Crippen LogP contribution in [0.25, 0.3) is 0 Å². The number of rotatable bonds is 5. The summed E-state index contributed by atoms with van der Waals surface area (Å²) in [5.74, 6) is 5.52. The molecule has 10 unspecified atom stereocenters. The zero-order valence-corrected chi connectivity index (χ0v) is 32.0. The number of carbonyl (C=O) groups excluding carboxylic acids is 1. The second kappa shape index (κ2) is 13.9. The molecule has 6 N–H and O–H groups in total. The van der Waals surface area contributed by atoms with Crippen molar-refractivity contribution in [3.05, 3.63) is 46.0 Å². The molecule has 4 aliphatic carbocycles. The fraction of sp³-hybridized carbons (Fsp3) is 0.737. The van der Waals surface area contributed by atoms with E-state index in [-0.39, 0.29) is 59.9 Å². The Morgan fingerprint density at radius 3 is 2.82 bits per heavy atom. The molecule has 0 aromatic heterocycles. The van der Waals surface area contributed by atoms with Crippen LogP contribution in [0.3, 0.4) is 0 Å². The van der Waals surface area contributed by atoms with Gasteiger partial charge in [-0.1, -0.05) is 73.9 Å². The van der Waals surface area contributed by atoms with Crippen LogP contribution >= 0.6 is 43.2 Å². The molecule has 7 nitrogen and oxygen atoms in total. The molecular weight excluding hydrogens is 691 g/mol. The number of guanidine groups is 1. The number of benzene rings is 1. The first kappa shape index (κ1) is 35.2. The van der Waals surface area contributed by atoms with E-state index in [1.807, 2.05) is 32.4 Å². The van der Waals surface area contributed by atoms with Gasteiger partial charge in [-0.05, 0) is 115 Å². The predicted molar refractivity (Wildman–Crippen MR) is 205 cm³/mol. The minimum Gasteiger partial charge on any atom is -0.396 e. The van der Waals surface area contributed by atoms with Crippen LogP contribution in [0.1, 0.15) is 93.7 Å². The van der Waals surface area contributed by atoms with Gasteiger partial charge >= 0.3 is 0 Å². The van der Waals surface area contributed by atoms with E-state index in [0.717, 1.165) is 86.2 Å². The number of nitrogens with one attached hydrogen (secondary N) is 1. The van der Waals surface area contributed by atoms with E-state index in [0.29, 0.717) is 41.8 Å². The zero-order chi connectivity index (χ0) is 34.0. The number of carbonyl (C=O) groups is 1. The maximum atomic E-state index is 14.6. The minimum absolute atomic E-state index is 0.00870.